The van der Waals surface area contributed by atoms with E-state index in [2.05, 4.69) is 26.9 Å². The molecule has 52 heavy (non-hydrogen) atoms. The van der Waals surface area contributed by atoms with Crippen LogP contribution in [0.5, 0.6) is 0 Å². The van der Waals surface area contributed by atoms with Gasteiger partial charge in [0.25, 0.3) is 16.0 Å². The number of nitriles is 1. The van der Waals surface area contributed by atoms with Gasteiger partial charge in [0.2, 0.25) is 5.91 Å². The second-order valence-corrected chi connectivity index (χ2v) is 14.6. The molecular formula is C35H37ClN8O7S. The highest BCUT2D eigenvalue weighted by atomic mass is 35.5. The predicted molar refractivity (Wildman–Crippen MR) is 197 cm³/mol. The molecule has 0 unspecified atom stereocenters. The molecule has 0 aliphatic heterocycles. The number of carbonyl (C=O) groups excluding carboxylic acids is 2. The van der Waals surface area contributed by atoms with E-state index in [9.17, 15) is 33.2 Å². The topological polar surface area (TPSA) is 219 Å². The third kappa shape index (κ3) is 9.57. The van der Waals surface area contributed by atoms with Crippen molar-refractivity contribution in [1.29, 1.82) is 5.26 Å². The van der Waals surface area contributed by atoms with Crippen molar-refractivity contribution in [2.45, 2.75) is 46.5 Å². The highest BCUT2D eigenvalue weighted by Gasteiger charge is 2.29. The monoisotopic (exact) mass is 748 g/mol. The number of nitrogens with zero attached hydrogens (tertiary/aromatic N) is 6. The van der Waals surface area contributed by atoms with E-state index in [1.807, 2.05) is 32.6 Å². The molecule has 0 aliphatic rings. The van der Waals surface area contributed by atoms with Crippen molar-refractivity contribution in [2.24, 2.45) is 10.2 Å². The first-order valence-electron chi connectivity index (χ1n) is 15.9. The second kappa shape index (κ2) is 16.1. The van der Waals surface area contributed by atoms with Crippen LogP contribution in [0.25, 0.3) is 5.69 Å². The zero-order chi connectivity index (χ0) is 38.4. The number of carbonyl (C=O) groups is 3. The van der Waals surface area contributed by atoms with Crippen LogP contribution in [0, 0.1) is 11.3 Å². The lowest BCUT2D eigenvalue weighted by Gasteiger charge is -2.24. The lowest BCUT2D eigenvalue weighted by Crippen LogP contribution is -2.25. The maximum absolute atomic E-state index is 13.0. The summed E-state index contributed by atoms with van der Waals surface area (Å²) in [4.78, 5) is 38.6. The van der Waals surface area contributed by atoms with Gasteiger partial charge >= 0.3 is 5.97 Å². The SMILES string of the molecule is CCN(CCCS(=O)(=O)O)c1ccc(N=Nc2c(C#N)c(C(C)(C)C)nn2-c2ccc(NC(=O)c3ccccc3C(=O)O)cc2Cl)c(NC(C)=O)c1. The molecule has 0 saturated carbocycles. The summed E-state index contributed by atoms with van der Waals surface area (Å²) in [7, 11) is -4.12. The van der Waals surface area contributed by atoms with Crippen LogP contribution in [0.15, 0.2) is 70.9 Å². The summed E-state index contributed by atoms with van der Waals surface area (Å²) in [6.45, 7) is 9.65. The van der Waals surface area contributed by atoms with Crippen LogP contribution in [0.4, 0.5) is 28.6 Å². The summed E-state index contributed by atoms with van der Waals surface area (Å²) >= 11 is 6.73. The molecule has 0 aliphatic carbocycles. The van der Waals surface area contributed by atoms with E-state index in [4.69, 9.17) is 21.3 Å². The molecular weight excluding hydrogens is 712 g/mol. The van der Waals surface area contributed by atoms with Crippen LogP contribution >= 0.6 is 11.6 Å². The minimum absolute atomic E-state index is 0.0373. The Bertz CT molecular complexity index is 2200. The highest BCUT2D eigenvalue weighted by Crippen LogP contribution is 2.38. The normalized spacial score (nSPS) is 11.7. The number of carboxylic acid groups (broad SMARTS) is 1. The average Bonchev–Trinajstić information content (AvgIpc) is 3.44. The Balaban J connectivity index is 1.75. The number of azo groups is 1. The highest BCUT2D eigenvalue weighted by molar-refractivity contribution is 7.85. The van der Waals surface area contributed by atoms with Crippen LogP contribution in [-0.2, 0) is 20.3 Å². The summed E-state index contributed by atoms with van der Waals surface area (Å²) in [5.41, 5.74) is 1.49. The lowest BCUT2D eigenvalue weighted by molar-refractivity contribution is -0.114. The quantitative estimate of drug-likeness (QED) is 0.0801. The molecule has 0 saturated heterocycles. The third-order valence-electron chi connectivity index (χ3n) is 7.64. The number of rotatable bonds is 13. The smallest absolute Gasteiger partial charge is 0.336 e. The van der Waals surface area contributed by atoms with E-state index in [-0.39, 0.29) is 51.2 Å². The molecule has 15 nitrogen and oxygen atoms in total. The van der Waals surface area contributed by atoms with E-state index in [0.29, 0.717) is 35.8 Å². The first-order valence-corrected chi connectivity index (χ1v) is 17.9. The van der Waals surface area contributed by atoms with Gasteiger partial charge in [-0.2, -0.15) is 18.8 Å². The molecule has 4 rings (SSSR count). The van der Waals surface area contributed by atoms with Crippen molar-refractivity contribution < 1.29 is 32.5 Å². The van der Waals surface area contributed by atoms with Crippen molar-refractivity contribution in [3.63, 3.8) is 0 Å². The molecule has 272 valence electrons. The Labute approximate surface area is 305 Å². The van der Waals surface area contributed by atoms with Crippen LogP contribution in [-0.4, -0.2) is 64.5 Å². The Morgan fingerprint density at radius 2 is 1.73 bits per heavy atom. The Kier molecular flexibility index (Phi) is 12.2. The zero-order valence-corrected chi connectivity index (χ0v) is 30.6. The number of aromatic nitrogens is 2. The van der Waals surface area contributed by atoms with Crippen molar-refractivity contribution in [3.8, 4) is 11.8 Å². The van der Waals surface area contributed by atoms with Crippen LogP contribution in [0.2, 0.25) is 5.02 Å². The number of benzene rings is 3. The Hall–Kier alpha value is -5.63. The standard InChI is InChI=1S/C35H37ClN8O7S/c1-6-43(16-9-17-52(49,50)51)23-13-14-28(29(19-23)38-21(2)45)40-41-32-26(20-37)31(35(3,4)5)42-44(32)30-15-12-22(18-27(30)36)39-33(46)24-10-7-8-11-25(24)34(47)48/h7-8,10-15,18-19H,6,9,16-17H2,1-5H3,(H,38,45)(H,39,46)(H,47,48)(H,49,50,51). The summed E-state index contributed by atoms with van der Waals surface area (Å²) in [5, 5.41) is 38.8. The number of amides is 2. The van der Waals surface area contributed by atoms with Gasteiger partial charge < -0.3 is 20.6 Å². The van der Waals surface area contributed by atoms with Gasteiger partial charge in [0.15, 0.2) is 5.82 Å². The van der Waals surface area contributed by atoms with Gasteiger partial charge in [0.1, 0.15) is 17.3 Å². The number of hydrogen-bond donors (Lipinski definition) is 4. The van der Waals surface area contributed by atoms with Gasteiger partial charge in [0, 0.05) is 36.8 Å². The zero-order valence-electron chi connectivity index (χ0n) is 29.0. The molecule has 1 aromatic heterocycles. The number of nitrogens with one attached hydrogen (secondary N) is 2. The molecule has 4 N–H and O–H groups in total. The molecule has 3 aromatic carbocycles. The van der Waals surface area contributed by atoms with Crippen molar-refractivity contribution in [1.82, 2.24) is 9.78 Å². The van der Waals surface area contributed by atoms with Crippen LogP contribution in [0.3, 0.4) is 0 Å². The third-order valence-corrected chi connectivity index (χ3v) is 8.75. The number of halogens is 1. The first kappa shape index (κ1) is 39.2. The fourth-order valence-electron chi connectivity index (χ4n) is 5.23. The fourth-order valence-corrected chi connectivity index (χ4v) is 5.98. The lowest BCUT2D eigenvalue weighted by atomic mass is 9.90. The van der Waals surface area contributed by atoms with Gasteiger partial charge in [0.05, 0.1) is 39.0 Å². The summed E-state index contributed by atoms with van der Waals surface area (Å²) in [6.07, 6.45) is 0.176. The molecule has 0 atom stereocenters. The van der Waals surface area contributed by atoms with Crippen molar-refractivity contribution in [3.05, 3.63) is 88.1 Å². The second-order valence-electron chi connectivity index (χ2n) is 12.6. The minimum atomic E-state index is -4.12. The van der Waals surface area contributed by atoms with E-state index in [0.717, 1.165) is 0 Å². The largest absolute Gasteiger partial charge is 0.478 e. The van der Waals surface area contributed by atoms with E-state index in [1.165, 1.54) is 41.9 Å². The molecule has 2 amide bonds. The number of anilines is 3. The van der Waals surface area contributed by atoms with Crippen LogP contribution in [0.1, 0.15) is 73.0 Å². The fraction of sp³-hybridized carbons (Fsp3) is 0.286. The molecule has 4 aromatic rings. The maximum atomic E-state index is 13.0. The van der Waals surface area contributed by atoms with E-state index < -0.39 is 33.2 Å². The molecule has 0 bridgehead atoms. The van der Waals surface area contributed by atoms with Gasteiger partial charge in [-0.3, -0.25) is 14.1 Å². The van der Waals surface area contributed by atoms with Gasteiger partial charge in [-0.1, -0.05) is 44.5 Å². The number of hydrogen-bond acceptors (Lipinski definition) is 10. The summed E-state index contributed by atoms with van der Waals surface area (Å²) < 4.78 is 32.9. The van der Waals surface area contributed by atoms with Crippen molar-refractivity contribution in [2.75, 3.05) is 34.4 Å². The minimum Gasteiger partial charge on any atom is -0.478 e. The van der Waals surface area contributed by atoms with Gasteiger partial charge in [-0.05, 0) is 61.9 Å². The Morgan fingerprint density at radius 1 is 1.04 bits per heavy atom. The molecule has 0 spiro atoms. The van der Waals surface area contributed by atoms with Crippen LogP contribution < -0.4 is 15.5 Å². The number of carboxylic acids is 1. The molecule has 0 fully saturated rings. The number of aromatic carboxylic acids is 1. The van der Waals surface area contributed by atoms with Gasteiger partial charge in [-0.15, -0.1) is 10.2 Å². The Morgan fingerprint density at radius 3 is 2.31 bits per heavy atom. The molecule has 0 radical (unpaired) electrons. The molecule has 17 heteroatoms. The predicted octanol–water partition coefficient (Wildman–Crippen LogP) is 7.12. The average molecular weight is 749 g/mol. The first-order chi connectivity index (χ1) is 24.4. The van der Waals surface area contributed by atoms with E-state index >= 15 is 0 Å². The van der Waals surface area contributed by atoms with E-state index in [1.54, 1.807) is 30.3 Å². The molecule has 1 heterocycles. The maximum Gasteiger partial charge on any atom is 0.336 e. The summed E-state index contributed by atoms with van der Waals surface area (Å²) in [5.74, 6) is -2.65. The van der Waals surface area contributed by atoms with Gasteiger partial charge in [-0.25, -0.2) is 9.48 Å². The summed E-state index contributed by atoms with van der Waals surface area (Å²) in [6, 6.07) is 17.5. The van der Waals surface area contributed by atoms with Crippen molar-refractivity contribution >= 4 is 68.1 Å².